The van der Waals surface area contributed by atoms with E-state index in [4.69, 9.17) is 4.52 Å². The Morgan fingerprint density at radius 2 is 2.00 bits per heavy atom. The summed E-state index contributed by atoms with van der Waals surface area (Å²) >= 11 is 0. The molecule has 0 saturated carbocycles. The molecule has 0 bridgehead atoms. The Labute approximate surface area is 113 Å². The number of likely N-dealkylation sites (N-methyl/N-ethyl adjacent to an activating group) is 1. The van der Waals surface area contributed by atoms with Crippen LogP contribution < -0.4 is 0 Å². The molecule has 1 aromatic rings. The number of aromatic nitrogens is 2. The van der Waals surface area contributed by atoms with E-state index in [1.54, 1.807) is 0 Å². The average Bonchev–Trinajstić information content (AvgIpc) is 2.86. The van der Waals surface area contributed by atoms with Crippen molar-refractivity contribution < 1.29 is 9.32 Å². The van der Waals surface area contributed by atoms with E-state index in [2.05, 4.69) is 22.1 Å². The van der Waals surface area contributed by atoms with Gasteiger partial charge in [-0.1, -0.05) is 19.0 Å². The van der Waals surface area contributed by atoms with Crippen molar-refractivity contribution in [3.05, 3.63) is 11.7 Å². The standard InChI is InChI=1S/C13H22N4O2/c1-10(2)13-14-11(19-15-13)4-5-12(18)17-8-6-16(3)7-9-17/h10H,4-9H2,1-3H3. The molecule has 106 valence electrons. The van der Waals surface area contributed by atoms with Crippen molar-refractivity contribution in [3.8, 4) is 0 Å². The summed E-state index contributed by atoms with van der Waals surface area (Å²) in [6.45, 7) is 7.56. The summed E-state index contributed by atoms with van der Waals surface area (Å²) in [5.74, 6) is 1.71. The van der Waals surface area contributed by atoms with Crippen LogP contribution in [0, 0.1) is 0 Å². The number of carbonyl (C=O) groups excluding carboxylic acids is 1. The Balaban J connectivity index is 1.79. The second kappa shape index (κ2) is 6.14. The van der Waals surface area contributed by atoms with E-state index in [1.165, 1.54) is 0 Å². The average molecular weight is 266 g/mol. The van der Waals surface area contributed by atoms with Gasteiger partial charge in [-0.3, -0.25) is 4.79 Å². The summed E-state index contributed by atoms with van der Waals surface area (Å²) in [5, 5.41) is 3.90. The molecule has 1 saturated heterocycles. The van der Waals surface area contributed by atoms with Crippen LogP contribution in [0.4, 0.5) is 0 Å². The first-order chi connectivity index (χ1) is 9.06. The van der Waals surface area contributed by atoms with Crippen molar-refractivity contribution in [1.82, 2.24) is 19.9 Å². The Bertz CT molecular complexity index is 422. The number of nitrogens with zero attached hydrogens (tertiary/aromatic N) is 4. The lowest BCUT2D eigenvalue weighted by Gasteiger charge is -2.32. The molecule has 0 aliphatic carbocycles. The highest BCUT2D eigenvalue weighted by Crippen LogP contribution is 2.11. The fraction of sp³-hybridized carbons (Fsp3) is 0.769. The van der Waals surface area contributed by atoms with E-state index >= 15 is 0 Å². The van der Waals surface area contributed by atoms with Gasteiger partial charge in [0.25, 0.3) is 0 Å². The number of amides is 1. The Morgan fingerprint density at radius 3 is 2.58 bits per heavy atom. The van der Waals surface area contributed by atoms with Crippen LogP contribution in [0.25, 0.3) is 0 Å². The predicted molar refractivity (Wildman–Crippen MR) is 70.8 cm³/mol. The molecule has 2 heterocycles. The van der Waals surface area contributed by atoms with Gasteiger partial charge in [0.2, 0.25) is 11.8 Å². The lowest BCUT2D eigenvalue weighted by molar-refractivity contribution is -0.132. The third-order valence-corrected chi connectivity index (χ3v) is 3.41. The largest absolute Gasteiger partial charge is 0.340 e. The topological polar surface area (TPSA) is 62.5 Å². The van der Waals surface area contributed by atoms with E-state index in [9.17, 15) is 4.79 Å². The van der Waals surface area contributed by atoms with Gasteiger partial charge >= 0.3 is 0 Å². The third-order valence-electron chi connectivity index (χ3n) is 3.41. The number of aryl methyl sites for hydroxylation is 1. The second-order valence-corrected chi connectivity index (χ2v) is 5.39. The number of hydrogen-bond donors (Lipinski definition) is 0. The summed E-state index contributed by atoms with van der Waals surface area (Å²) in [4.78, 5) is 20.5. The summed E-state index contributed by atoms with van der Waals surface area (Å²) in [6.07, 6.45) is 0.980. The Morgan fingerprint density at radius 1 is 1.32 bits per heavy atom. The Kier molecular flexibility index (Phi) is 4.52. The van der Waals surface area contributed by atoms with Gasteiger partial charge in [0.05, 0.1) is 0 Å². The summed E-state index contributed by atoms with van der Waals surface area (Å²) in [7, 11) is 2.08. The zero-order valence-corrected chi connectivity index (χ0v) is 11.9. The first kappa shape index (κ1) is 14.0. The predicted octanol–water partition coefficient (Wildman–Crippen LogP) is 0.900. The van der Waals surface area contributed by atoms with Crippen molar-refractivity contribution in [2.45, 2.75) is 32.6 Å². The molecule has 0 spiro atoms. The molecule has 19 heavy (non-hydrogen) atoms. The van der Waals surface area contributed by atoms with Crippen LogP contribution >= 0.6 is 0 Å². The molecule has 0 atom stereocenters. The molecule has 0 radical (unpaired) electrons. The molecule has 1 aliphatic heterocycles. The fourth-order valence-corrected chi connectivity index (χ4v) is 2.03. The first-order valence-corrected chi connectivity index (χ1v) is 6.85. The summed E-state index contributed by atoms with van der Waals surface area (Å²) < 4.78 is 5.14. The van der Waals surface area contributed by atoms with E-state index in [1.807, 2.05) is 18.7 Å². The number of rotatable bonds is 4. The van der Waals surface area contributed by atoms with Gasteiger partial charge in [-0.25, -0.2) is 0 Å². The van der Waals surface area contributed by atoms with Gasteiger partial charge in [-0.15, -0.1) is 0 Å². The van der Waals surface area contributed by atoms with Crippen LogP contribution in [-0.4, -0.2) is 59.1 Å². The van der Waals surface area contributed by atoms with Crippen LogP contribution in [0.2, 0.25) is 0 Å². The molecule has 1 aliphatic rings. The quantitative estimate of drug-likeness (QED) is 0.810. The summed E-state index contributed by atoms with van der Waals surface area (Å²) in [5.41, 5.74) is 0. The van der Waals surface area contributed by atoms with Crippen molar-refractivity contribution >= 4 is 5.91 Å². The van der Waals surface area contributed by atoms with Gasteiger partial charge in [0.15, 0.2) is 5.82 Å². The molecule has 1 amide bonds. The highest BCUT2D eigenvalue weighted by molar-refractivity contribution is 5.76. The van der Waals surface area contributed by atoms with Crippen LogP contribution in [0.1, 0.15) is 37.9 Å². The van der Waals surface area contributed by atoms with Crippen molar-refractivity contribution in [1.29, 1.82) is 0 Å². The minimum absolute atomic E-state index is 0.178. The van der Waals surface area contributed by atoms with Crippen LogP contribution in [-0.2, 0) is 11.2 Å². The molecule has 1 fully saturated rings. The highest BCUT2D eigenvalue weighted by atomic mass is 16.5. The van der Waals surface area contributed by atoms with Crippen molar-refractivity contribution in [2.75, 3.05) is 33.2 Å². The lowest BCUT2D eigenvalue weighted by atomic mass is 10.2. The van der Waals surface area contributed by atoms with Gasteiger partial charge in [0.1, 0.15) is 0 Å². The monoisotopic (exact) mass is 266 g/mol. The van der Waals surface area contributed by atoms with Gasteiger partial charge < -0.3 is 14.3 Å². The maximum atomic E-state index is 12.0. The second-order valence-electron chi connectivity index (χ2n) is 5.39. The molecule has 1 aromatic heterocycles. The summed E-state index contributed by atoms with van der Waals surface area (Å²) in [6, 6.07) is 0. The third kappa shape index (κ3) is 3.76. The van der Waals surface area contributed by atoms with Crippen LogP contribution in [0.3, 0.4) is 0 Å². The molecule has 6 nitrogen and oxygen atoms in total. The number of carbonyl (C=O) groups is 1. The fourth-order valence-electron chi connectivity index (χ4n) is 2.03. The molecular weight excluding hydrogens is 244 g/mol. The first-order valence-electron chi connectivity index (χ1n) is 6.85. The maximum Gasteiger partial charge on any atom is 0.227 e. The van der Waals surface area contributed by atoms with E-state index < -0.39 is 0 Å². The highest BCUT2D eigenvalue weighted by Gasteiger charge is 2.19. The minimum atomic E-state index is 0.178. The Hall–Kier alpha value is -1.43. The molecule has 0 unspecified atom stereocenters. The smallest absolute Gasteiger partial charge is 0.227 e. The van der Waals surface area contributed by atoms with Crippen molar-refractivity contribution in [3.63, 3.8) is 0 Å². The minimum Gasteiger partial charge on any atom is -0.340 e. The van der Waals surface area contributed by atoms with Crippen LogP contribution in [0.15, 0.2) is 4.52 Å². The van der Waals surface area contributed by atoms with Crippen molar-refractivity contribution in [2.24, 2.45) is 0 Å². The molecule has 0 aromatic carbocycles. The van der Waals surface area contributed by atoms with E-state index in [-0.39, 0.29) is 11.8 Å². The molecule has 0 N–H and O–H groups in total. The van der Waals surface area contributed by atoms with E-state index in [0.29, 0.717) is 24.6 Å². The molecule has 6 heteroatoms. The number of piperazine rings is 1. The van der Waals surface area contributed by atoms with Gasteiger partial charge in [-0.05, 0) is 7.05 Å². The van der Waals surface area contributed by atoms with Crippen LogP contribution in [0.5, 0.6) is 0 Å². The molecule has 2 rings (SSSR count). The zero-order valence-electron chi connectivity index (χ0n) is 11.9. The lowest BCUT2D eigenvalue weighted by Crippen LogP contribution is -2.47. The van der Waals surface area contributed by atoms with Gasteiger partial charge in [-0.2, -0.15) is 4.98 Å². The van der Waals surface area contributed by atoms with Gasteiger partial charge in [0, 0.05) is 44.9 Å². The van der Waals surface area contributed by atoms with E-state index in [0.717, 1.165) is 26.2 Å². The molecular formula is C13H22N4O2. The zero-order chi connectivity index (χ0) is 13.8. The maximum absolute atomic E-state index is 12.0. The SMILES string of the molecule is CC(C)c1noc(CCC(=O)N2CCN(C)CC2)n1. The number of hydrogen-bond acceptors (Lipinski definition) is 5. The normalized spacial score (nSPS) is 17.2.